The number of halogens is 6. The first-order valence-electron chi connectivity index (χ1n) is 9.83. The van der Waals surface area contributed by atoms with Crippen molar-refractivity contribution in [2.24, 2.45) is 0 Å². The summed E-state index contributed by atoms with van der Waals surface area (Å²) in [6.45, 7) is 0. The zero-order valence-corrected chi connectivity index (χ0v) is 19.9. The van der Waals surface area contributed by atoms with Crippen LogP contribution in [0, 0.1) is 0 Å². The predicted octanol–water partition coefficient (Wildman–Crippen LogP) is 5.85. The minimum absolute atomic E-state index is 0.0173. The molecule has 1 heterocycles. The number of allylic oxidation sites excluding steroid dienone is 2. The number of hydrogen-bond donors (Lipinski definition) is 1. The second kappa shape index (κ2) is 8.48. The summed E-state index contributed by atoms with van der Waals surface area (Å²) in [5, 5.41) is 2.89. The van der Waals surface area contributed by atoms with Crippen LogP contribution in [0.25, 0.3) is 5.57 Å². The van der Waals surface area contributed by atoms with E-state index in [-0.39, 0.29) is 50.5 Å². The summed E-state index contributed by atoms with van der Waals surface area (Å²) in [6, 6.07) is 7.84. The molecule has 1 aliphatic carbocycles. The molecule has 2 aliphatic rings. The van der Waals surface area contributed by atoms with E-state index in [1.165, 1.54) is 42.5 Å². The highest BCUT2D eigenvalue weighted by molar-refractivity contribution is 7.92. The largest absolute Gasteiger partial charge is 0.399 e. The molecule has 1 fully saturated rings. The molecule has 0 aromatic heterocycles. The number of nitrogens with one attached hydrogen (secondary N) is 1. The van der Waals surface area contributed by atoms with Crippen molar-refractivity contribution in [3.63, 3.8) is 0 Å². The van der Waals surface area contributed by atoms with Crippen molar-refractivity contribution in [3.8, 4) is 0 Å². The van der Waals surface area contributed by atoms with Gasteiger partial charge in [-0.1, -0.05) is 46.9 Å². The third-order valence-corrected chi connectivity index (χ3v) is 8.55. The number of hydrogen-bond acceptors (Lipinski definition) is 3. The lowest BCUT2D eigenvalue weighted by atomic mass is 9.76. The first kappa shape index (κ1) is 24.4. The normalized spacial score (nSPS) is 22.5. The van der Waals surface area contributed by atoms with Gasteiger partial charge < -0.3 is 5.32 Å². The van der Waals surface area contributed by atoms with Gasteiger partial charge in [0.15, 0.2) is 9.84 Å². The summed E-state index contributed by atoms with van der Waals surface area (Å²) >= 11 is 18.2. The molecule has 176 valence electrons. The Morgan fingerprint density at radius 1 is 1.03 bits per heavy atom. The van der Waals surface area contributed by atoms with Crippen LogP contribution in [-0.2, 0) is 15.3 Å². The van der Waals surface area contributed by atoms with Crippen molar-refractivity contribution >= 4 is 56.1 Å². The first-order chi connectivity index (χ1) is 15.3. The summed E-state index contributed by atoms with van der Waals surface area (Å²) in [5.41, 5.74) is -1.19. The molecule has 33 heavy (non-hydrogen) atoms. The number of sulfone groups is 1. The average Bonchev–Trinajstić information content (AvgIpc) is 3.12. The maximum Gasteiger partial charge on any atom is 0.399 e. The van der Waals surface area contributed by atoms with Gasteiger partial charge in [0.1, 0.15) is 0 Å². The molecule has 0 radical (unpaired) electrons. The van der Waals surface area contributed by atoms with Crippen LogP contribution >= 0.6 is 34.8 Å². The molecule has 2 aromatic rings. The van der Waals surface area contributed by atoms with E-state index in [4.69, 9.17) is 34.8 Å². The molecule has 4 nitrogen and oxygen atoms in total. The molecule has 1 N–H and O–H groups in total. The van der Waals surface area contributed by atoms with Crippen molar-refractivity contribution in [2.45, 2.75) is 30.5 Å². The lowest BCUT2D eigenvalue weighted by Gasteiger charge is -2.33. The molecule has 1 aliphatic heterocycles. The SMILES string of the molecule is O=C(NC1CS(=O)(=O)C1)c1ccc(C2=CCC(c3cc(Cl)cc(Cl)c3)(C(F)(F)F)C2)cc1Cl. The summed E-state index contributed by atoms with van der Waals surface area (Å²) < 4.78 is 65.3. The van der Waals surface area contributed by atoms with Crippen LogP contribution in [0.3, 0.4) is 0 Å². The van der Waals surface area contributed by atoms with E-state index in [1.807, 2.05) is 0 Å². The highest BCUT2D eigenvalue weighted by Gasteiger charge is 2.57. The van der Waals surface area contributed by atoms with Crippen LogP contribution in [0.5, 0.6) is 0 Å². The summed E-state index contributed by atoms with van der Waals surface area (Å²) in [4.78, 5) is 12.4. The minimum Gasteiger partial charge on any atom is -0.347 e. The topological polar surface area (TPSA) is 63.2 Å². The van der Waals surface area contributed by atoms with Gasteiger partial charge in [-0.15, -0.1) is 0 Å². The molecule has 0 saturated carbocycles. The standard InChI is InChI=1S/C22H17Cl3F3NO3S/c23-15-6-14(7-16(24)8-15)21(22(26,27)28)4-3-13(9-21)12-1-2-18(19(25)5-12)20(30)29-17-10-33(31,32)11-17/h1-3,5-8,17H,4,9-11H2,(H,29,30). The van der Waals surface area contributed by atoms with Gasteiger partial charge in [0, 0.05) is 10.0 Å². The van der Waals surface area contributed by atoms with Gasteiger partial charge in [-0.25, -0.2) is 8.42 Å². The Labute approximate surface area is 203 Å². The van der Waals surface area contributed by atoms with E-state index >= 15 is 0 Å². The molecule has 11 heteroatoms. The lowest BCUT2D eigenvalue weighted by Crippen LogP contribution is -2.52. The van der Waals surface area contributed by atoms with E-state index in [0.717, 1.165) is 0 Å². The molecule has 0 bridgehead atoms. The molecular formula is C22H17Cl3F3NO3S. The number of amides is 1. The van der Waals surface area contributed by atoms with Crippen molar-refractivity contribution in [1.82, 2.24) is 5.32 Å². The van der Waals surface area contributed by atoms with Crippen LogP contribution < -0.4 is 5.32 Å². The molecule has 2 aromatic carbocycles. The third kappa shape index (κ3) is 4.76. The van der Waals surface area contributed by atoms with E-state index in [0.29, 0.717) is 11.1 Å². The Morgan fingerprint density at radius 3 is 2.21 bits per heavy atom. The zero-order chi connectivity index (χ0) is 24.2. The van der Waals surface area contributed by atoms with Crippen molar-refractivity contribution in [1.29, 1.82) is 0 Å². The minimum atomic E-state index is -4.56. The van der Waals surface area contributed by atoms with Crippen LogP contribution in [0.15, 0.2) is 42.5 Å². The van der Waals surface area contributed by atoms with Gasteiger partial charge in [0.05, 0.1) is 33.5 Å². The number of alkyl halides is 3. The van der Waals surface area contributed by atoms with E-state index in [1.54, 1.807) is 0 Å². The Balaban J connectivity index is 1.57. The molecule has 0 spiro atoms. The second-order valence-corrected chi connectivity index (χ2v) is 11.7. The smallest absolute Gasteiger partial charge is 0.347 e. The highest BCUT2D eigenvalue weighted by Crippen LogP contribution is 2.54. The second-order valence-electron chi connectivity index (χ2n) is 8.29. The van der Waals surface area contributed by atoms with Gasteiger partial charge in [-0.3, -0.25) is 4.79 Å². The first-order valence-corrected chi connectivity index (χ1v) is 12.8. The fraction of sp³-hybridized carbons (Fsp3) is 0.318. The molecule has 1 amide bonds. The average molecular weight is 539 g/mol. The van der Waals surface area contributed by atoms with Gasteiger partial charge >= 0.3 is 6.18 Å². The monoisotopic (exact) mass is 537 g/mol. The Kier molecular flexibility index (Phi) is 6.27. The Morgan fingerprint density at radius 2 is 1.67 bits per heavy atom. The lowest BCUT2D eigenvalue weighted by molar-refractivity contribution is -0.187. The van der Waals surface area contributed by atoms with Gasteiger partial charge in [-0.05, 0) is 59.9 Å². The molecular weight excluding hydrogens is 522 g/mol. The molecule has 1 saturated heterocycles. The summed E-state index contributed by atoms with van der Waals surface area (Å²) in [7, 11) is -3.10. The molecule has 1 atom stereocenters. The highest BCUT2D eigenvalue weighted by atomic mass is 35.5. The van der Waals surface area contributed by atoms with Gasteiger partial charge in [0.2, 0.25) is 0 Å². The Hall–Kier alpha value is -1.74. The van der Waals surface area contributed by atoms with Crippen molar-refractivity contribution < 1.29 is 26.4 Å². The maximum atomic E-state index is 14.3. The van der Waals surface area contributed by atoms with Crippen molar-refractivity contribution in [3.05, 3.63) is 74.2 Å². The van der Waals surface area contributed by atoms with Crippen molar-refractivity contribution in [2.75, 3.05) is 11.5 Å². The Bertz CT molecular complexity index is 1250. The van der Waals surface area contributed by atoms with Gasteiger partial charge in [0.25, 0.3) is 5.91 Å². The number of carbonyl (C=O) groups excluding carboxylic acids is 1. The van der Waals surface area contributed by atoms with Crippen LogP contribution in [0.4, 0.5) is 13.2 Å². The van der Waals surface area contributed by atoms with Crippen LogP contribution in [0.2, 0.25) is 15.1 Å². The molecule has 1 unspecified atom stereocenters. The van der Waals surface area contributed by atoms with E-state index < -0.39 is 33.4 Å². The number of benzene rings is 2. The quantitative estimate of drug-likeness (QED) is 0.531. The zero-order valence-electron chi connectivity index (χ0n) is 16.8. The fourth-order valence-electron chi connectivity index (χ4n) is 4.23. The third-order valence-electron chi connectivity index (χ3n) is 5.98. The van der Waals surface area contributed by atoms with E-state index in [9.17, 15) is 26.4 Å². The summed E-state index contributed by atoms with van der Waals surface area (Å²) in [5.74, 6) is -0.798. The predicted molar refractivity (Wildman–Crippen MR) is 123 cm³/mol. The summed E-state index contributed by atoms with van der Waals surface area (Å²) in [6.07, 6.45) is -3.69. The van der Waals surface area contributed by atoms with E-state index in [2.05, 4.69) is 5.32 Å². The fourth-order valence-corrected chi connectivity index (χ4v) is 6.31. The number of rotatable bonds is 4. The maximum absolute atomic E-state index is 14.3. The number of carbonyl (C=O) groups is 1. The van der Waals surface area contributed by atoms with Gasteiger partial charge in [-0.2, -0.15) is 13.2 Å². The molecule has 4 rings (SSSR count). The van der Waals surface area contributed by atoms with Crippen LogP contribution in [-0.4, -0.2) is 38.0 Å². The van der Waals surface area contributed by atoms with Crippen LogP contribution in [0.1, 0.15) is 34.3 Å².